The number of hydrogen-bond acceptors (Lipinski definition) is 3. The van der Waals surface area contributed by atoms with Gasteiger partial charge in [0.25, 0.3) is 0 Å². The predicted octanol–water partition coefficient (Wildman–Crippen LogP) is 1.63. The molecule has 0 bridgehead atoms. The lowest BCUT2D eigenvalue weighted by Crippen LogP contribution is -1.86. The van der Waals surface area contributed by atoms with E-state index in [9.17, 15) is 4.79 Å². The summed E-state index contributed by atoms with van der Waals surface area (Å²) in [4.78, 5) is 9.93. The molecule has 0 amide bonds. The van der Waals surface area contributed by atoms with Gasteiger partial charge in [0, 0.05) is 11.6 Å². The number of rotatable bonds is 1. The van der Waals surface area contributed by atoms with Crippen LogP contribution < -0.4 is 0 Å². The summed E-state index contributed by atoms with van der Waals surface area (Å²) in [7, 11) is 0. The molecule has 0 saturated heterocycles. The van der Waals surface area contributed by atoms with E-state index < -0.39 is 0 Å². The Bertz CT molecular complexity index is 300. The third-order valence-electron chi connectivity index (χ3n) is 0.999. The molecule has 0 saturated carbocycles. The lowest BCUT2D eigenvalue weighted by molar-refractivity contribution is 0.570. The van der Waals surface area contributed by atoms with Gasteiger partial charge in [-0.25, -0.2) is 4.79 Å². The highest BCUT2D eigenvalue weighted by atomic mass is 35.5. The first-order valence-corrected chi connectivity index (χ1v) is 3.39. The normalized spacial score (nSPS) is 8.91. The van der Waals surface area contributed by atoms with Crippen molar-refractivity contribution in [3.05, 3.63) is 21.9 Å². The summed E-state index contributed by atoms with van der Waals surface area (Å²) in [5, 5.41) is 7.33. The number of hydrogen-bond donors (Lipinski definition) is 0. The van der Waals surface area contributed by atoms with Crippen LogP contribution in [0.4, 0.5) is 0 Å². The fraction of sp³-hybridized carbons (Fsp3) is 0. The Morgan fingerprint density at radius 3 is 2.82 bits per heavy atom. The molecular formula is C6H2Cl2N2O. The Hall–Kier alpha value is -0.890. The minimum absolute atomic E-state index is 0.0980. The van der Waals surface area contributed by atoms with Crippen LogP contribution in [0.3, 0.4) is 0 Å². The second-order valence-electron chi connectivity index (χ2n) is 1.66. The van der Waals surface area contributed by atoms with E-state index in [4.69, 9.17) is 23.2 Å². The summed E-state index contributed by atoms with van der Waals surface area (Å²) in [6.07, 6.45) is 2.41. The molecule has 0 fully saturated rings. The highest BCUT2D eigenvalue weighted by molar-refractivity contribution is 6.36. The molecule has 0 aliphatic heterocycles. The van der Waals surface area contributed by atoms with E-state index in [1.165, 1.54) is 6.20 Å². The minimum atomic E-state index is 0.0980. The van der Waals surface area contributed by atoms with E-state index in [1.54, 1.807) is 5.94 Å². The van der Waals surface area contributed by atoms with Crippen molar-refractivity contribution in [2.45, 2.75) is 0 Å². The Balaban J connectivity index is 3.31. The van der Waals surface area contributed by atoms with Gasteiger partial charge in [-0.2, -0.15) is 5.10 Å². The zero-order chi connectivity index (χ0) is 8.27. The van der Waals surface area contributed by atoms with E-state index in [0.29, 0.717) is 5.56 Å². The minimum Gasteiger partial charge on any atom is -0.233 e. The average Bonchev–Trinajstić information content (AvgIpc) is 1.97. The van der Waals surface area contributed by atoms with Gasteiger partial charge in [-0.1, -0.05) is 23.2 Å². The fourth-order valence-electron chi connectivity index (χ4n) is 0.540. The molecule has 0 aliphatic rings. The standard InChI is InChI=1S/C6H2Cl2N2O/c7-5-3-9-10-6(8)4(5)1-2-11/h1,3H. The maximum Gasteiger partial charge on any atom is 0.161 e. The Morgan fingerprint density at radius 2 is 2.27 bits per heavy atom. The van der Waals surface area contributed by atoms with Crippen molar-refractivity contribution < 1.29 is 4.79 Å². The number of carbonyl (C=O) groups excluding carboxylic acids is 1. The summed E-state index contributed by atoms with van der Waals surface area (Å²) < 4.78 is 0. The van der Waals surface area contributed by atoms with Crippen LogP contribution in [0.5, 0.6) is 0 Å². The molecule has 56 valence electrons. The summed E-state index contributed by atoms with van der Waals surface area (Å²) in [5.74, 6) is 1.55. The molecule has 5 heteroatoms. The van der Waals surface area contributed by atoms with Gasteiger partial charge in [0.2, 0.25) is 0 Å². The summed E-state index contributed by atoms with van der Waals surface area (Å²) in [6.45, 7) is 0. The Morgan fingerprint density at radius 1 is 1.55 bits per heavy atom. The SMILES string of the molecule is O=C=Cc1c(Cl)cnnc1Cl. The van der Waals surface area contributed by atoms with Crippen molar-refractivity contribution in [3.63, 3.8) is 0 Å². The lowest BCUT2D eigenvalue weighted by atomic mass is 10.3. The number of aromatic nitrogens is 2. The molecule has 1 aromatic rings. The van der Waals surface area contributed by atoms with E-state index in [0.717, 1.165) is 6.08 Å². The van der Waals surface area contributed by atoms with Crippen LogP contribution in [0.2, 0.25) is 10.2 Å². The topological polar surface area (TPSA) is 42.9 Å². The molecule has 0 radical (unpaired) electrons. The van der Waals surface area contributed by atoms with E-state index >= 15 is 0 Å². The molecule has 1 heterocycles. The van der Waals surface area contributed by atoms with Crippen LogP contribution >= 0.6 is 23.2 Å². The van der Waals surface area contributed by atoms with Gasteiger partial charge >= 0.3 is 0 Å². The van der Waals surface area contributed by atoms with Crippen LogP contribution in [0.25, 0.3) is 6.08 Å². The monoisotopic (exact) mass is 188 g/mol. The van der Waals surface area contributed by atoms with Gasteiger partial charge in [0.15, 0.2) is 5.15 Å². The first-order chi connectivity index (χ1) is 5.25. The maximum atomic E-state index is 9.93. The molecule has 1 aromatic heterocycles. The quantitative estimate of drug-likeness (QED) is 0.630. The molecule has 0 spiro atoms. The predicted molar refractivity (Wildman–Crippen MR) is 42.2 cm³/mol. The Kier molecular flexibility index (Phi) is 2.60. The van der Waals surface area contributed by atoms with E-state index in [1.807, 2.05) is 0 Å². The maximum absolute atomic E-state index is 9.93. The summed E-state index contributed by atoms with van der Waals surface area (Å²) >= 11 is 11.2. The van der Waals surface area contributed by atoms with Crippen LogP contribution in [0.15, 0.2) is 6.20 Å². The number of nitrogens with zero attached hydrogens (tertiary/aromatic N) is 2. The van der Waals surface area contributed by atoms with E-state index in [2.05, 4.69) is 10.2 Å². The van der Waals surface area contributed by atoms with Crippen molar-refractivity contribution in [3.8, 4) is 0 Å². The highest BCUT2D eigenvalue weighted by Gasteiger charge is 2.03. The smallest absolute Gasteiger partial charge is 0.161 e. The molecule has 0 atom stereocenters. The zero-order valence-electron chi connectivity index (χ0n) is 5.21. The summed E-state index contributed by atoms with van der Waals surface area (Å²) in [5.41, 5.74) is 0.346. The van der Waals surface area contributed by atoms with Crippen LogP contribution in [-0.2, 0) is 4.79 Å². The van der Waals surface area contributed by atoms with Crippen molar-refractivity contribution in [1.29, 1.82) is 0 Å². The van der Waals surface area contributed by atoms with Gasteiger partial charge in [0.05, 0.1) is 11.2 Å². The molecule has 1 rings (SSSR count). The van der Waals surface area contributed by atoms with Gasteiger partial charge in [-0.15, -0.1) is 5.10 Å². The fourth-order valence-corrected chi connectivity index (χ4v) is 0.976. The lowest BCUT2D eigenvalue weighted by Gasteiger charge is -1.94. The molecule has 0 aliphatic carbocycles. The van der Waals surface area contributed by atoms with Gasteiger partial charge in [0.1, 0.15) is 5.94 Å². The average molecular weight is 189 g/mol. The van der Waals surface area contributed by atoms with E-state index in [-0.39, 0.29) is 10.2 Å². The second kappa shape index (κ2) is 3.49. The van der Waals surface area contributed by atoms with Crippen LogP contribution in [0, 0.1) is 0 Å². The first kappa shape index (κ1) is 8.21. The number of halogens is 2. The van der Waals surface area contributed by atoms with Crippen molar-refractivity contribution in [1.82, 2.24) is 10.2 Å². The first-order valence-electron chi connectivity index (χ1n) is 2.63. The molecule has 0 aromatic carbocycles. The molecule has 0 unspecified atom stereocenters. The van der Waals surface area contributed by atoms with Crippen LogP contribution in [0.1, 0.15) is 5.56 Å². The van der Waals surface area contributed by atoms with Gasteiger partial charge in [-0.05, 0) is 0 Å². The molecule has 0 N–H and O–H groups in total. The van der Waals surface area contributed by atoms with Crippen molar-refractivity contribution in [2.24, 2.45) is 0 Å². The van der Waals surface area contributed by atoms with Crippen molar-refractivity contribution in [2.75, 3.05) is 0 Å². The highest BCUT2D eigenvalue weighted by Crippen LogP contribution is 2.20. The largest absolute Gasteiger partial charge is 0.233 e. The third-order valence-corrected chi connectivity index (χ3v) is 1.58. The molecule has 3 nitrogen and oxygen atoms in total. The second-order valence-corrected chi connectivity index (χ2v) is 2.42. The zero-order valence-corrected chi connectivity index (χ0v) is 6.73. The summed E-state index contributed by atoms with van der Waals surface area (Å²) in [6, 6.07) is 0. The van der Waals surface area contributed by atoms with Crippen LogP contribution in [-0.4, -0.2) is 16.1 Å². The van der Waals surface area contributed by atoms with Gasteiger partial charge < -0.3 is 0 Å². The Labute approximate surface area is 72.6 Å². The molecular weight excluding hydrogens is 187 g/mol. The molecule has 11 heavy (non-hydrogen) atoms. The van der Waals surface area contributed by atoms with Crippen molar-refractivity contribution >= 4 is 35.2 Å². The van der Waals surface area contributed by atoms with Gasteiger partial charge in [-0.3, -0.25) is 0 Å². The third kappa shape index (κ3) is 1.77.